The van der Waals surface area contributed by atoms with E-state index >= 15 is 0 Å². The fraction of sp³-hybridized carbons (Fsp3) is 0.182. The summed E-state index contributed by atoms with van der Waals surface area (Å²) in [7, 11) is 3.07. The number of rotatable bonds is 1. The predicted molar refractivity (Wildman–Crippen MR) is 62.8 cm³/mol. The van der Waals surface area contributed by atoms with Crippen LogP contribution < -0.4 is 16.1 Å². The van der Waals surface area contributed by atoms with Crippen LogP contribution in [0, 0.1) is 0 Å². The Balaban J connectivity index is 2.48. The number of carbonyl (C=O) groups excluding carboxylic acids is 1. The van der Waals surface area contributed by atoms with Gasteiger partial charge in [-0.3, -0.25) is 9.78 Å². The predicted octanol–water partition coefficient (Wildman–Crippen LogP) is 0.542. The lowest BCUT2D eigenvalue weighted by molar-refractivity contribution is 0.172. The first-order valence-electron chi connectivity index (χ1n) is 5.03. The standard InChI is InChI=1S/C11H10N2O5/c1-13(2)11(16)17-6-3-4-7-8(5-6)18-10(15)12-9(7)14/h3-5H,1-2H3,(H,12,14,15). The van der Waals surface area contributed by atoms with E-state index in [-0.39, 0.29) is 16.7 Å². The molecule has 0 aliphatic heterocycles. The normalized spacial score (nSPS) is 10.3. The molecule has 0 fully saturated rings. The van der Waals surface area contributed by atoms with Crippen molar-refractivity contribution in [3.05, 3.63) is 39.1 Å². The summed E-state index contributed by atoms with van der Waals surface area (Å²) < 4.78 is 9.79. The third-order valence-corrected chi connectivity index (χ3v) is 2.19. The molecule has 0 bridgehead atoms. The van der Waals surface area contributed by atoms with Gasteiger partial charge in [0, 0.05) is 20.2 Å². The fourth-order valence-electron chi connectivity index (χ4n) is 1.32. The number of nitrogens with zero attached hydrogens (tertiary/aromatic N) is 1. The first-order chi connectivity index (χ1) is 8.47. The molecule has 1 heterocycles. The molecule has 0 aliphatic rings. The number of ether oxygens (including phenoxy) is 1. The molecule has 1 amide bonds. The minimum atomic E-state index is -0.858. The van der Waals surface area contributed by atoms with Crippen molar-refractivity contribution in [3.8, 4) is 5.75 Å². The molecule has 0 unspecified atom stereocenters. The van der Waals surface area contributed by atoms with Gasteiger partial charge in [0.25, 0.3) is 5.56 Å². The van der Waals surface area contributed by atoms with Crippen LogP contribution in [0.4, 0.5) is 4.79 Å². The zero-order valence-corrected chi connectivity index (χ0v) is 9.72. The Morgan fingerprint density at radius 1 is 1.33 bits per heavy atom. The molecule has 1 aromatic heterocycles. The molecule has 0 spiro atoms. The van der Waals surface area contributed by atoms with E-state index in [2.05, 4.69) is 0 Å². The SMILES string of the molecule is CN(C)C(=O)Oc1ccc2c(=O)[nH]c(=O)oc2c1. The van der Waals surface area contributed by atoms with Gasteiger partial charge in [-0.1, -0.05) is 0 Å². The molecular formula is C11H10N2O5. The van der Waals surface area contributed by atoms with E-state index in [4.69, 9.17) is 9.15 Å². The summed E-state index contributed by atoms with van der Waals surface area (Å²) in [5, 5.41) is 0.208. The molecule has 0 aliphatic carbocycles. The summed E-state index contributed by atoms with van der Waals surface area (Å²) in [5.74, 6) is -0.668. The average molecular weight is 250 g/mol. The zero-order chi connectivity index (χ0) is 13.3. The number of aromatic amines is 1. The lowest BCUT2D eigenvalue weighted by Gasteiger charge is -2.10. The van der Waals surface area contributed by atoms with Crippen LogP contribution >= 0.6 is 0 Å². The second kappa shape index (κ2) is 4.36. The van der Waals surface area contributed by atoms with Crippen molar-refractivity contribution < 1.29 is 13.9 Å². The van der Waals surface area contributed by atoms with Crippen LogP contribution in [0.1, 0.15) is 0 Å². The smallest absolute Gasteiger partial charge is 0.410 e. The molecular weight excluding hydrogens is 240 g/mol. The van der Waals surface area contributed by atoms with E-state index in [9.17, 15) is 14.4 Å². The van der Waals surface area contributed by atoms with Crippen LogP contribution in [0.3, 0.4) is 0 Å². The number of benzene rings is 1. The molecule has 0 saturated heterocycles. The van der Waals surface area contributed by atoms with Gasteiger partial charge in [-0.2, -0.15) is 0 Å². The van der Waals surface area contributed by atoms with Crippen molar-refractivity contribution in [1.82, 2.24) is 9.88 Å². The van der Waals surface area contributed by atoms with Crippen molar-refractivity contribution in [2.75, 3.05) is 14.1 Å². The molecule has 0 radical (unpaired) electrons. The molecule has 94 valence electrons. The highest BCUT2D eigenvalue weighted by atomic mass is 16.6. The van der Waals surface area contributed by atoms with Gasteiger partial charge in [-0.15, -0.1) is 0 Å². The van der Waals surface area contributed by atoms with Gasteiger partial charge in [-0.05, 0) is 12.1 Å². The summed E-state index contributed by atoms with van der Waals surface area (Å²) in [6.07, 6.45) is -0.568. The topological polar surface area (TPSA) is 92.6 Å². The van der Waals surface area contributed by atoms with Crippen molar-refractivity contribution >= 4 is 17.1 Å². The van der Waals surface area contributed by atoms with Crippen LogP contribution in [0.2, 0.25) is 0 Å². The lowest BCUT2D eigenvalue weighted by Crippen LogP contribution is -2.25. The maximum absolute atomic E-state index is 11.4. The summed E-state index contributed by atoms with van der Waals surface area (Å²) in [4.78, 5) is 37.0. The van der Waals surface area contributed by atoms with Gasteiger partial charge in [0.05, 0.1) is 5.39 Å². The third-order valence-electron chi connectivity index (χ3n) is 2.19. The Morgan fingerprint density at radius 3 is 2.72 bits per heavy atom. The van der Waals surface area contributed by atoms with Crippen molar-refractivity contribution in [2.45, 2.75) is 0 Å². The Bertz CT molecular complexity index is 713. The highest BCUT2D eigenvalue weighted by molar-refractivity contribution is 5.78. The quantitative estimate of drug-likeness (QED) is 0.797. The highest BCUT2D eigenvalue weighted by Crippen LogP contribution is 2.17. The summed E-state index contributed by atoms with van der Waals surface area (Å²) in [6, 6.07) is 4.17. The molecule has 2 rings (SSSR count). The molecule has 1 N–H and O–H groups in total. The Labute approximate surface area is 101 Å². The van der Waals surface area contributed by atoms with E-state index < -0.39 is 17.4 Å². The maximum atomic E-state index is 11.4. The number of amides is 1. The summed E-state index contributed by atoms with van der Waals surface area (Å²) in [6.45, 7) is 0. The van der Waals surface area contributed by atoms with Crippen LogP contribution in [0.25, 0.3) is 11.0 Å². The van der Waals surface area contributed by atoms with Crippen LogP contribution in [0.5, 0.6) is 5.75 Å². The summed E-state index contributed by atoms with van der Waals surface area (Å²) in [5.41, 5.74) is -0.487. The van der Waals surface area contributed by atoms with E-state index in [0.717, 1.165) is 0 Å². The number of carbonyl (C=O) groups is 1. The number of H-pyrrole nitrogens is 1. The van der Waals surface area contributed by atoms with Crippen LogP contribution in [0.15, 0.2) is 32.2 Å². The number of fused-ring (bicyclic) bond motifs is 1. The van der Waals surface area contributed by atoms with Gasteiger partial charge in [0.15, 0.2) is 0 Å². The molecule has 7 nitrogen and oxygen atoms in total. The minimum absolute atomic E-state index is 0.0628. The number of nitrogens with one attached hydrogen (secondary N) is 1. The van der Waals surface area contributed by atoms with Crippen molar-refractivity contribution in [3.63, 3.8) is 0 Å². The third kappa shape index (κ3) is 2.24. The first-order valence-corrected chi connectivity index (χ1v) is 5.03. The Morgan fingerprint density at radius 2 is 2.06 bits per heavy atom. The summed E-state index contributed by atoms with van der Waals surface area (Å²) >= 11 is 0. The zero-order valence-electron chi connectivity index (χ0n) is 9.72. The monoisotopic (exact) mass is 250 g/mol. The van der Waals surface area contributed by atoms with Crippen molar-refractivity contribution in [1.29, 1.82) is 0 Å². The van der Waals surface area contributed by atoms with Crippen LogP contribution in [-0.2, 0) is 0 Å². The van der Waals surface area contributed by atoms with Gasteiger partial charge < -0.3 is 14.1 Å². The fourth-order valence-corrected chi connectivity index (χ4v) is 1.32. The van der Waals surface area contributed by atoms with Gasteiger partial charge >= 0.3 is 11.8 Å². The van der Waals surface area contributed by atoms with Crippen LogP contribution in [-0.4, -0.2) is 30.1 Å². The first kappa shape index (κ1) is 11.9. The molecule has 2 aromatic rings. The molecule has 1 aromatic carbocycles. The van der Waals surface area contributed by atoms with Gasteiger partial charge in [0.1, 0.15) is 11.3 Å². The minimum Gasteiger partial charge on any atom is -0.410 e. The van der Waals surface area contributed by atoms with Gasteiger partial charge in [-0.25, -0.2) is 9.59 Å². The number of aromatic nitrogens is 1. The van der Waals surface area contributed by atoms with Gasteiger partial charge in [0.2, 0.25) is 0 Å². The second-order valence-corrected chi connectivity index (χ2v) is 3.76. The molecule has 0 atom stereocenters. The van der Waals surface area contributed by atoms with E-state index in [1.54, 1.807) is 0 Å². The largest absolute Gasteiger partial charge is 0.419 e. The Kier molecular flexibility index (Phi) is 2.88. The number of hydrogen-bond donors (Lipinski definition) is 1. The lowest BCUT2D eigenvalue weighted by atomic mass is 10.2. The molecule has 18 heavy (non-hydrogen) atoms. The van der Waals surface area contributed by atoms with E-state index in [0.29, 0.717) is 0 Å². The highest BCUT2D eigenvalue weighted by Gasteiger charge is 2.09. The maximum Gasteiger partial charge on any atom is 0.419 e. The Hall–Kier alpha value is -2.57. The van der Waals surface area contributed by atoms with E-state index in [1.165, 1.54) is 37.2 Å². The molecule has 0 saturated carbocycles. The molecule has 7 heteroatoms. The number of hydrogen-bond acceptors (Lipinski definition) is 5. The van der Waals surface area contributed by atoms with Crippen molar-refractivity contribution in [2.24, 2.45) is 0 Å². The second-order valence-electron chi connectivity index (χ2n) is 3.76. The average Bonchev–Trinajstić information content (AvgIpc) is 2.27. The van der Waals surface area contributed by atoms with E-state index in [1.807, 2.05) is 4.98 Å².